The van der Waals surface area contributed by atoms with Crippen molar-refractivity contribution in [1.82, 2.24) is 5.32 Å². The summed E-state index contributed by atoms with van der Waals surface area (Å²) in [4.78, 5) is 24.1. The zero-order valence-electron chi connectivity index (χ0n) is 11.7. The van der Waals surface area contributed by atoms with Gasteiger partial charge in [-0.1, -0.05) is 18.2 Å². The number of nitrogens with one attached hydrogen (secondary N) is 2. The van der Waals surface area contributed by atoms with Gasteiger partial charge in [0, 0.05) is 23.3 Å². The molecule has 2 atom stereocenters. The van der Waals surface area contributed by atoms with Gasteiger partial charge < -0.3 is 16.4 Å². The number of amides is 2. The average molecular weight is 285 g/mol. The van der Waals surface area contributed by atoms with E-state index in [0.29, 0.717) is 23.7 Å². The molecule has 1 aromatic rings. The van der Waals surface area contributed by atoms with Gasteiger partial charge in [0.2, 0.25) is 5.91 Å². The summed E-state index contributed by atoms with van der Waals surface area (Å²) in [5, 5.41) is 5.78. The predicted molar refractivity (Wildman–Crippen MR) is 80.8 cm³/mol. The Morgan fingerprint density at radius 2 is 2.00 bits per heavy atom. The lowest BCUT2D eigenvalue weighted by molar-refractivity contribution is -0.118. The van der Waals surface area contributed by atoms with Gasteiger partial charge in [0.15, 0.2) is 0 Å². The maximum atomic E-state index is 12.1. The molecule has 0 aliphatic heterocycles. The Bertz CT molecular complexity index is 593. The minimum absolute atomic E-state index is 0.0450. The third-order valence-electron chi connectivity index (χ3n) is 3.76. The third-order valence-corrected chi connectivity index (χ3v) is 3.76. The van der Waals surface area contributed by atoms with Crippen LogP contribution < -0.4 is 16.4 Å². The van der Waals surface area contributed by atoms with Crippen molar-refractivity contribution in [3.05, 3.63) is 42.0 Å². The molecule has 1 fully saturated rings. The molecule has 0 heterocycles. The Balaban J connectivity index is 1.63. The van der Waals surface area contributed by atoms with E-state index in [4.69, 9.17) is 5.73 Å². The summed E-state index contributed by atoms with van der Waals surface area (Å²) in [6, 6.07) is 7.28. The van der Waals surface area contributed by atoms with Gasteiger partial charge in [-0.15, -0.1) is 0 Å². The number of carbonyl (C=O) groups is 2. The standard InChI is InChI=1S/C16H19N3O2/c17-12-5-4-11(8-12)16(21)19-14-3-1-2-10(9-14)15(20)18-13-6-7-13/h1-5,9,11-13H,6-8,17H2,(H,18,20)(H,19,21). The molecule has 5 heteroatoms. The zero-order chi connectivity index (χ0) is 14.8. The van der Waals surface area contributed by atoms with Crippen molar-refractivity contribution in [1.29, 1.82) is 0 Å². The van der Waals surface area contributed by atoms with E-state index in [1.807, 2.05) is 12.2 Å². The molecule has 110 valence electrons. The lowest BCUT2D eigenvalue weighted by Gasteiger charge is -2.11. The molecule has 4 N–H and O–H groups in total. The number of anilines is 1. The van der Waals surface area contributed by atoms with Crippen LogP contribution in [0.15, 0.2) is 36.4 Å². The number of benzene rings is 1. The van der Waals surface area contributed by atoms with Crippen LogP contribution in [-0.2, 0) is 4.79 Å². The van der Waals surface area contributed by atoms with Gasteiger partial charge in [0.25, 0.3) is 5.91 Å². The average Bonchev–Trinajstić information content (AvgIpc) is 3.17. The van der Waals surface area contributed by atoms with Crippen LogP contribution in [0.4, 0.5) is 5.69 Å². The number of hydrogen-bond donors (Lipinski definition) is 3. The van der Waals surface area contributed by atoms with Gasteiger partial charge in [-0.2, -0.15) is 0 Å². The summed E-state index contributed by atoms with van der Waals surface area (Å²) in [6.45, 7) is 0. The molecule has 1 saturated carbocycles. The van der Waals surface area contributed by atoms with Crippen LogP contribution in [0.1, 0.15) is 29.6 Å². The smallest absolute Gasteiger partial charge is 0.251 e. The molecule has 2 aliphatic carbocycles. The summed E-state index contributed by atoms with van der Waals surface area (Å²) >= 11 is 0. The normalized spacial score (nSPS) is 23.9. The molecule has 0 spiro atoms. The van der Waals surface area contributed by atoms with Gasteiger partial charge >= 0.3 is 0 Å². The van der Waals surface area contributed by atoms with E-state index >= 15 is 0 Å². The van der Waals surface area contributed by atoms with Crippen LogP contribution in [0.5, 0.6) is 0 Å². The molecule has 2 aliphatic rings. The van der Waals surface area contributed by atoms with Crippen molar-refractivity contribution in [2.24, 2.45) is 11.7 Å². The minimum Gasteiger partial charge on any atom is -0.349 e. The van der Waals surface area contributed by atoms with Crippen LogP contribution in [0.2, 0.25) is 0 Å². The van der Waals surface area contributed by atoms with Crippen LogP contribution in [-0.4, -0.2) is 23.9 Å². The topological polar surface area (TPSA) is 84.2 Å². The molecule has 1 aromatic carbocycles. The van der Waals surface area contributed by atoms with Crippen LogP contribution >= 0.6 is 0 Å². The molecule has 21 heavy (non-hydrogen) atoms. The molecular weight excluding hydrogens is 266 g/mol. The van der Waals surface area contributed by atoms with E-state index < -0.39 is 0 Å². The number of nitrogens with two attached hydrogens (primary N) is 1. The molecule has 0 bridgehead atoms. The number of carbonyl (C=O) groups excluding carboxylic acids is 2. The first-order valence-electron chi connectivity index (χ1n) is 7.27. The van der Waals surface area contributed by atoms with Crippen molar-refractivity contribution in [3.63, 3.8) is 0 Å². The number of rotatable bonds is 4. The largest absolute Gasteiger partial charge is 0.349 e. The Morgan fingerprint density at radius 3 is 2.67 bits per heavy atom. The van der Waals surface area contributed by atoms with E-state index in [-0.39, 0.29) is 23.8 Å². The minimum atomic E-state index is -0.191. The van der Waals surface area contributed by atoms with Crippen LogP contribution in [0.25, 0.3) is 0 Å². The summed E-state index contributed by atoms with van der Waals surface area (Å²) in [5.74, 6) is -0.362. The highest BCUT2D eigenvalue weighted by molar-refractivity contribution is 5.98. The van der Waals surface area contributed by atoms with Crippen LogP contribution in [0.3, 0.4) is 0 Å². The molecule has 0 aromatic heterocycles. The van der Waals surface area contributed by atoms with E-state index in [1.165, 1.54) is 0 Å². The lowest BCUT2D eigenvalue weighted by Crippen LogP contribution is -2.26. The van der Waals surface area contributed by atoms with Crippen molar-refractivity contribution in [3.8, 4) is 0 Å². The summed E-state index contributed by atoms with van der Waals surface area (Å²) in [7, 11) is 0. The van der Waals surface area contributed by atoms with Crippen molar-refractivity contribution >= 4 is 17.5 Å². The van der Waals surface area contributed by atoms with Crippen molar-refractivity contribution in [2.75, 3.05) is 5.32 Å². The van der Waals surface area contributed by atoms with Gasteiger partial charge in [-0.3, -0.25) is 9.59 Å². The molecule has 0 saturated heterocycles. The fourth-order valence-electron chi connectivity index (χ4n) is 2.39. The third kappa shape index (κ3) is 3.49. The SMILES string of the molecule is NC1C=CC(C(=O)Nc2cccc(C(=O)NC3CC3)c2)C1. The van der Waals surface area contributed by atoms with E-state index in [9.17, 15) is 9.59 Å². The molecule has 2 amide bonds. The van der Waals surface area contributed by atoms with E-state index in [2.05, 4.69) is 10.6 Å². The monoisotopic (exact) mass is 285 g/mol. The van der Waals surface area contributed by atoms with E-state index in [0.717, 1.165) is 12.8 Å². The Morgan fingerprint density at radius 1 is 1.19 bits per heavy atom. The highest BCUT2D eigenvalue weighted by atomic mass is 16.2. The maximum Gasteiger partial charge on any atom is 0.251 e. The van der Waals surface area contributed by atoms with Gasteiger partial charge in [0.1, 0.15) is 0 Å². The predicted octanol–water partition coefficient (Wildman–Crippen LogP) is 1.42. The lowest BCUT2D eigenvalue weighted by atomic mass is 10.1. The summed E-state index contributed by atoms with van der Waals surface area (Å²) in [6.07, 6.45) is 6.42. The first-order valence-corrected chi connectivity index (χ1v) is 7.27. The second kappa shape index (κ2) is 5.69. The molecule has 2 unspecified atom stereocenters. The molecular formula is C16H19N3O2. The van der Waals surface area contributed by atoms with Crippen molar-refractivity contribution < 1.29 is 9.59 Å². The highest BCUT2D eigenvalue weighted by Gasteiger charge is 2.25. The first-order chi connectivity index (χ1) is 10.1. The summed E-state index contributed by atoms with van der Waals surface area (Å²) < 4.78 is 0. The Kier molecular flexibility index (Phi) is 3.75. The maximum absolute atomic E-state index is 12.1. The van der Waals surface area contributed by atoms with Gasteiger partial charge in [0.05, 0.1) is 5.92 Å². The fourth-order valence-corrected chi connectivity index (χ4v) is 2.39. The fraction of sp³-hybridized carbons (Fsp3) is 0.375. The second-order valence-corrected chi connectivity index (χ2v) is 5.71. The highest BCUT2D eigenvalue weighted by Crippen LogP contribution is 2.21. The molecule has 5 nitrogen and oxygen atoms in total. The quantitative estimate of drug-likeness (QED) is 0.731. The number of hydrogen-bond acceptors (Lipinski definition) is 3. The molecule has 0 radical (unpaired) electrons. The first kappa shape index (κ1) is 13.8. The summed E-state index contributed by atoms with van der Waals surface area (Å²) in [5.41, 5.74) is 6.96. The van der Waals surface area contributed by atoms with E-state index in [1.54, 1.807) is 24.3 Å². The van der Waals surface area contributed by atoms with Crippen LogP contribution in [0, 0.1) is 5.92 Å². The Hall–Kier alpha value is -2.14. The van der Waals surface area contributed by atoms with Crippen molar-refractivity contribution in [2.45, 2.75) is 31.3 Å². The Labute approximate surface area is 123 Å². The second-order valence-electron chi connectivity index (χ2n) is 5.71. The zero-order valence-corrected chi connectivity index (χ0v) is 11.7. The molecule has 3 rings (SSSR count). The van der Waals surface area contributed by atoms with Gasteiger partial charge in [-0.05, 0) is 37.5 Å². The van der Waals surface area contributed by atoms with Gasteiger partial charge in [-0.25, -0.2) is 0 Å².